The van der Waals surface area contributed by atoms with E-state index in [1.165, 1.54) is 12.1 Å². The Balaban J connectivity index is 1.68. The number of rotatable bonds is 9. The molecule has 1 aliphatic carbocycles. The molecule has 1 aromatic carbocycles. The lowest BCUT2D eigenvalue weighted by Gasteiger charge is -2.25. The van der Waals surface area contributed by atoms with Gasteiger partial charge in [-0.3, -0.25) is 0 Å². The smallest absolute Gasteiger partial charge is 0.130 e. The van der Waals surface area contributed by atoms with Crippen molar-refractivity contribution < 1.29 is 19.3 Å². The molecule has 2 aromatic rings. The van der Waals surface area contributed by atoms with Crippen molar-refractivity contribution in [3.63, 3.8) is 0 Å². The van der Waals surface area contributed by atoms with Crippen LogP contribution in [0.1, 0.15) is 23.5 Å². The molecule has 1 fully saturated rings. The number of nitrogens with one attached hydrogen (secondary N) is 1. The molecule has 0 amide bonds. The SMILES string of the molecule is COCCc1nccc(CC2C(NCc3ccc(F)cc3)CC(O)C2CO)n1. The number of nitrogens with zero attached hydrogens (tertiary/aromatic N) is 2. The second-order valence-electron chi connectivity index (χ2n) is 7.34. The lowest BCUT2D eigenvalue weighted by molar-refractivity contribution is 0.0716. The molecule has 0 saturated heterocycles. The minimum absolute atomic E-state index is 0.0367. The van der Waals surface area contributed by atoms with Gasteiger partial charge in [0.2, 0.25) is 0 Å². The molecule has 4 atom stereocenters. The Hall–Kier alpha value is -1.93. The molecule has 0 spiro atoms. The predicted molar refractivity (Wildman–Crippen MR) is 103 cm³/mol. The average Bonchev–Trinajstić information content (AvgIpc) is 3.00. The van der Waals surface area contributed by atoms with Crippen LogP contribution in [0, 0.1) is 17.7 Å². The van der Waals surface area contributed by atoms with Gasteiger partial charge in [0.15, 0.2) is 0 Å². The molecule has 152 valence electrons. The minimum Gasteiger partial charge on any atom is -0.396 e. The quantitative estimate of drug-likeness (QED) is 0.602. The third kappa shape index (κ3) is 5.32. The highest BCUT2D eigenvalue weighted by atomic mass is 19.1. The number of methoxy groups -OCH3 is 1. The Bertz CT molecular complexity index is 744. The van der Waals surface area contributed by atoms with Crippen LogP contribution >= 0.6 is 0 Å². The summed E-state index contributed by atoms with van der Waals surface area (Å²) in [5.74, 6) is 0.314. The van der Waals surface area contributed by atoms with E-state index < -0.39 is 6.10 Å². The lowest BCUT2D eigenvalue weighted by Crippen LogP contribution is -2.36. The van der Waals surface area contributed by atoms with Gasteiger partial charge >= 0.3 is 0 Å². The van der Waals surface area contributed by atoms with Gasteiger partial charge in [-0.05, 0) is 42.5 Å². The van der Waals surface area contributed by atoms with Gasteiger partial charge in [0.1, 0.15) is 11.6 Å². The van der Waals surface area contributed by atoms with E-state index in [0.29, 0.717) is 32.4 Å². The highest BCUT2D eigenvalue weighted by Crippen LogP contribution is 2.34. The summed E-state index contributed by atoms with van der Waals surface area (Å²) in [4.78, 5) is 8.88. The van der Waals surface area contributed by atoms with E-state index in [4.69, 9.17) is 4.74 Å². The van der Waals surface area contributed by atoms with Crippen molar-refractivity contribution >= 4 is 0 Å². The molecule has 4 unspecified atom stereocenters. The van der Waals surface area contributed by atoms with Gasteiger partial charge in [0.25, 0.3) is 0 Å². The number of hydrogen-bond acceptors (Lipinski definition) is 6. The van der Waals surface area contributed by atoms with Crippen molar-refractivity contribution in [1.82, 2.24) is 15.3 Å². The number of ether oxygens (including phenoxy) is 1. The fraction of sp³-hybridized carbons (Fsp3) is 0.524. The van der Waals surface area contributed by atoms with Crippen molar-refractivity contribution in [2.24, 2.45) is 11.8 Å². The summed E-state index contributed by atoms with van der Waals surface area (Å²) in [7, 11) is 1.65. The monoisotopic (exact) mass is 389 g/mol. The highest BCUT2D eigenvalue weighted by molar-refractivity contribution is 5.16. The van der Waals surface area contributed by atoms with E-state index in [0.717, 1.165) is 17.1 Å². The van der Waals surface area contributed by atoms with Crippen LogP contribution in [0.4, 0.5) is 4.39 Å². The summed E-state index contributed by atoms with van der Waals surface area (Å²) in [6.07, 6.45) is 3.04. The lowest BCUT2D eigenvalue weighted by atomic mass is 9.88. The van der Waals surface area contributed by atoms with Crippen LogP contribution < -0.4 is 5.32 Å². The number of hydrogen-bond donors (Lipinski definition) is 3. The normalized spacial score (nSPS) is 24.6. The van der Waals surface area contributed by atoms with E-state index in [2.05, 4.69) is 15.3 Å². The van der Waals surface area contributed by atoms with Crippen LogP contribution in [0.2, 0.25) is 0 Å². The zero-order valence-electron chi connectivity index (χ0n) is 16.1. The van der Waals surface area contributed by atoms with E-state index in [1.807, 2.05) is 6.07 Å². The van der Waals surface area contributed by atoms with Crippen molar-refractivity contribution in [3.8, 4) is 0 Å². The first-order valence-corrected chi connectivity index (χ1v) is 9.67. The topological polar surface area (TPSA) is 87.5 Å². The van der Waals surface area contributed by atoms with Crippen LogP contribution in [0.25, 0.3) is 0 Å². The number of halogens is 1. The first-order chi connectivity index (χ1) is 13.6. The average molecular weight is 389 g/mol. The zero-order chi connectivity index (χ0) is 19.9. The third-order valence-corrected chi connectivity index (χ3v) is 5.49. The van der Waals surface area contributed by atoms with Gasteiger partial charge < -0.3 is 20.3 Å². The Labute approximate surface area is 164 Å². The molecule has 28 heavy (non-hydrogen) atoms. The summed E-state index contributed by atoms with van der Waals surface area (Å²) in [6.45, 7) is 1.07. The molecule has 1 heterocycles. The van der Waals surface area contributed by atoms with Crippen LogP contribution in [0.15, 0.2) is 36.5 Å². The molecular formula is C21H28FN3O3. The zero-order valence-corrected chi connectivity index (χ0v) is 16.1. The van der Waals surface area contributed by atoms with Crippen LogP contribution in [0.5, 0.6) is 0 Å². The van der Waals surface area contributed by atoms with Gasteiger partial charge in [-0.15, -0.1) is 0 Å². The van der Waals surface area contributed by atoms with Gasteiger partial charge in [-0.2, -0.15) is 0 Å². The molecule has 1 aliphatic rings. The maximum Gasteiger partial charge on any atom is 0.130 e. The first kappa shape index (κ1) is 20.8. The van der Waals surface area contributed by atoms with Crippen molar-refractivity contribution in [1.29, 1.82) is 0 Å². The summed E-state index contributed by atoms with van der Waals surface area (Å²) >= 11 is 0. The largest absolute Gasteiger partial charge is 0.396 e. The Morgan fingerprint density at radius 3 is 2.71 bits per heavy atom. The van der Waals surface area contributed by atoms with Crippen molar-refractivity contribution in [3.05, 3.63) is 59.4 Å². The number of aliphatic hydroxyl groups excluding tert-OH is 2. The number of aromatic nitrogens is 2. The standard InChI is InChI=1S/C21H28FN3O3/c1-28-9-7-21-23-8-6-16(25-21)10-17-18(13-26)20(27)11-19(17)24-12-14-2-4-15(22)5-3-14/h2-6,8,17-20,24,26-27H,7,9-13H2,1H3. The summed E-state index contributed by atoms with van der Waals surface area (Å²) in [6, 6.07) is 8.30. The van der Waals surface area contributed by atoms with E-state index in [1.54, 1.807) is 25.4 Å². The molecule has 7 heteroatoms. The van der Waals surface area contributed by atoms with Crippen LogP contribution in [-0.2, 0) is 24.1 Å². The molecule has 6 nitrogen and oxygen atoms in total. The second kappa shape index (κ2) is 10.0. The molecule has 3 N–H and O–H groups in total. The van der Waals surface area contributed by atoms with Crippen molar-refractivity contribution in [2.45, 2.75) is 38.0 Å². The minimum atomic E-state index is -0.560. The first-order valence-electron chi connectivity index (χ1n) is 9.67. The molecule has 0 radical (unpaired) electrons. The van der Waals surface area contributed by atoms with Gasteiger partial charge in [-0.25, -0.2) is 14.4 Å². The van der Waals surface area contributed by atoms with Crippen molar-refractivity contribution in [2.75, 3.05) is 20.3 Å². The molecule has 0 aliphatic heterocycles. The predicted octanol–water partition coefficient (Wildman–Crippen LogP) is 1.49. The van der Waals surface area contributed by atoms with Gasteiger partial charge in [0.05, 0.1) is 12.7 Å². The molecule has 1 aromatic heterocycles. The Morgan fingerprint density at radius 2 is 2.00 bits per heavy atom. The van der Waals surface area contributed by atoms with Crippen LogP contribution in [0.3, 0.4) is 0 Å². The second-order valence-corrected chi connectivity index (χ2v) is 7.34. The van der Waals surface area contributed by atoms with Gasteiger partial charge in [-0.1, -0.05) is 12.1 Å². The molecule has 3 rings (SSSR count). The Kier molecular flexibility index (Phi) is 7.44. The number of benzene rings is 1. The fourth-order valence-electron chi connectivity index (χ4n) is 3.94. The summed E-state index contributed by atoms with van der Waals surface area (Å²) in [5.41, 5.74) is 1.87. The van der Waals surface area contributed by atoms with E-state index in [9.17, 15) is 14.6 Å². The fourth-order valence-corrected chi connectivity index (χ4v) is 3.94. The number of aliphatic hydroxyl groups is 2. The third-order valence-electron chi connectivity index (χ3n) is 5.49. The molecule has 1 saturated carbocycles. The molecule has 0 bridgehead atoms. The highest BCUT2D eigenvalue weighted by Gasteiger charge is 2.41. The van der Waals surface area contributed by atoms with Gasteiger partial charge in [0, 0.05) is 50.5 Å². The summed E-state index contributed by atoms with van der Waals surface area (Å²) in [5, 5.41) is 23.7. The maximum absolute atomic E-state index is 13.1. The maximum atomic E-state index is 13.1. The van der Waals surface area contributed by atoms with E-state index >= 15 is 0 Å². The van der Waals surface area contributed by atoms with E-state index in [-0.39, 0.29) is 30.3 Å². The Morgan fingerprint density at radius 1 is 1.21 bits per heavy atom. The molecular weight excluding hydrogens is 361 g/mol. The summed E-state index contributed by atoms with van der Waals surface area (Å²) < 4.78 is 18.2. The van der Waals surface area contributed by atoms with Crippen LogP contribution in [-0.4, -0.2) is 52.7 Å².